The van der Waals surface area contributed by atoms with Crippen LogP contribution in [-0.2, 0) is 9.59 Å². The number of nitrogens with two attached hydrogens (primary N) is 1. The second kappa shape index (κ2) is 4.64. The van der Waals surface area contributed by atoms with E-state index in [0.717, 1.165) is 5.01 Å². The van der Waals surface area contributed by atoms with E-state index < -0.39 is 6.04 Å². The standard InChI is InChI=1S/C10H15N5O2/c1-7(14-5-4-12-6-14)13-15-9(16)3-2-8(11)10(15)17/h4-8,13H,2-3,11H2,1H3. The van der Waals surface area contributed by atoms with Crippen LogP contribution in [0.4, 0.5) is 0 Å². The molecule has 0 saturated carbocycles. The summed E-state index contributed by atoms with van der Waals surface area (Å²) in [6.45, 7) is 1.82. The van der Waals surface area contributed by atoms with Crippen LogP contribution >= 0.6 is 0 Å². The minimum Gasteiger partial charge on any atom is -0.320 e. The average Bonchev–Trinajstić information content (AvgIpc) is 2.83. The largest absolute Gasteiger partial charge is 0.320 e. The Morgan fingerprint density at radius 1 is 1.59 bits per heavy atom. The Morgan fingerprint density at radius 3 is 3.00 bits per heavy atom. The van der Waals surface area contributed by atoms with E-state index in [1.165, 1.54) is 0 Å². The van der Waals surface area contributed by atoms with Gasteiger partial charge < -0.3 is 10.3 Å². The van der Waals surface area contributed by atoms with Crippen molar-refractivity contribution < 1.29 is 9.59 Å². The number of rotatable bonds is 3. The number of hydrazine groups is 1. The zero-order valence-corrected chi connectivity index (χ0v) is 9.54. The van der Waals surface area contributed by atoms with Crippen LogP contribution < -0.4 is 11.2 Å². The Bertz CT molecular complexity index is 416. The molecule has 1 aromatic heterocycles. The molecule has 0 radical (unpaired) electrons. The first-order valence-electron chi connectivity index (χ1n) is 5.45. The molecule has 2 rings (SSSR count). The van der Waals surface area contributed by atoms with Gasteiger partial charge in [-0.05, 0) is 13.3 Å². The molecule has 7 nitrogen and oxygen atoms in total. The van der Waals surface area contributed by atoms with E-state index in [4.69, 9.17) is 5.73 Å². The van der Waals surface area contributed by atoms with Crippen molar-refractivity contribution >= 4 is 11.8 Å². The van der Waals surface area contributed by atoms with Crippen LogP contribution in [0.5, 0.6) is 0 Å². The van der Waals surface area contributed by atoms with Crippen LogP contribution in [-0.4, -0.2) is 32.4 Å². The predicted octanol–water partition coefficient (Wildman–Crippen LogP) is -0.617. The summed E-state index contributed by atoms with van der Waals surface area (Å²) in [4.78, 5) is 27.3. The van der Waals surface area contributed by atoms with Crippen molar-refractivity contribution in [3.05, 3.63) is 18.7 Å². The predicted molar refractivity (Wildman–Crippen MR) is 59.1 cm³/mol. The van der Waals surface area contributed by atoms with Crippen LogP contribution in [0.1, 0.15) is 25.9 Å². The van der Waals surface area contributed by atoms with Gasteiger partial charge in [-0.15, -0.1) is 0 Å². The van der Waals surface area contributed by atoms with Gasteiger partial charge in [0.2, 0.25) is 5.91 Å². The molecule has 0 aromatic carbocycles. The van der Waals surface area contributed by atoms with Crippen LogP contribution in [0.25, 0.3) is 0 Å². The Kier molecular flexibility index (Phi) is 3.21. The van der Waals surface area contributed by atoms with Gasteiger partial charge >= 0.3 is 0 Å². The molecule has 1 fully saturated rings. The molecular weight excluding hydrogens is 222 g/mol. The van der Waals surface area contributed by atoms with E-state index in [9.17, 15) is 9.59 Å². The fraction of sp³-hybridized carbons (Fsp3) is 0.500. The van der Waals surface area contributed by atoms with E-state index in [2.05, 4.69) is 10.4 Å². The number of aromatic nitrogens is 2. The number of amides is 2. The van der Waals surface area contributed by atoms with Gasteiger partial charge in [0.1, 0.15) is 0 Å². The average molecular weight is 237 g/mol. The molecule has 3 N–H and O–H groups in total. The first-order chi connectivity index (χ1) is 8.09. The summed E-state index contributed by atoms with van der Waals surface area (Å²) < 4.78 is 1.75. The molecule has 0 aliphatic carbocycles. The fourth-order valence-corrected chi connectivity index (χ4v) is 1.69. The summed E-state index contributed by atoms with van der Waals surface area (Å²) >= 11 is 0. The number of carbonyl (C=O) groups excluding carboxylic acids is 2. The van der Waals surface area contributed by atoms with Crippen LogP contribution in [0, 0.1) is 0 Å². The lowest BCUT2D eigenvalue weighted by Crippen LogP contribution is -2.57. The third-order valence-corrected chi connectivity index (χ3v) is 2.74. The van der Waals surface area contributed by atoms with E-state index in [-0.39, 0.29) is 24.4 Å². The molecule has 1 aromatic rings. The third kappa shape index (κ3) is 2.34. The number of hydrogen-bond donors (Lipinski definition) is 2. The highest BCUT2D eigenvalue weighted by molar-refractivity contribution is 5.99. The molecule has 2 amide bonds. The second-order valence-corrected chi connectivity index (χ2v) is 4.03. The fourth-order valence-electron chi connectivity index (χ4n) is 1.69. The summed E-state index contributed by atoms with van der Waals surface area (Å²) in [7, 11) is 0. The van der Waals surface area contributed by atoms with Gasteiger partial charge in [-0.3, -0.25) is 9.59 Å². The van der Waals surface area contributed by atoms with Crippen molar-refractivity contribution in [1.82, 2.24) is 20.0 Å². The number of carbonyl (C=O) groups is 2. The molecule has 2 unspecified atom stereocenters. The molecule has 1 aliphatic heterocycles. The maximum Gasteiger partial charge on any atom is 0.260 e. The SMILES string of the molecule is CC(NN1C(=O)CCC(N)C1=O)n1ccnc1. The highest BCUT2D eigenvalue weighted by Gasteiger charge is 2.33. The first-order valence-corrected chi connectivity index (χ1v) is 5.45. The van der Waals surface area contributed by atoms with E-state index in [0.29, 0.717) is 6.42 Å². The van der Waals surface area contributed by atoms with Gasteiger partial charge in [0.05, 0.1) is 18.5 Å². The normalized spacial score (nSPS) is 22.9. The van der Waals surface area contributed by atoms with Gasteiger partial charge in [0, 0.05) is 18.8 Å². The topological polar surface area (TPSA) is 93.3 Å². The minimum absolute atomic E-state index is 0.240. The number of hydrogen-bond acceptors (Lipinski definition) is 5. The second-order valence-electron chi connectivity index (χ2n) is 4.03. The Balaban J connectivity index is 2.06. The van der Waals surface area contributed by atoms with Gasteiger partial charge in [-0.25, -0.2) is 15.4 Å². The summed E-state index contributed by atoms with van der Waals surface area (Å²) in [6, 6.07) is -0.602. The smallest absolute Gasteiger partial charge is 0.260 e. The molecule has 1 saturated heterocycles. The maximum absolute atomic E-state index is 11.7. The highest BCUT2D eigenvalue weighted by atomic mass is 16.2. The summed E-state index contributed by atoms with van der Waals surface area (Å²) in [6.07, 6.45) is 5.44. The van der Waals surface area contributed by atoms with Crippen LogP contribution in [0.2, 0.25) is 0 Å². The molecule has 0 bridgehead atoms. The van der Waals surface area contributed by atoms with Crippen molar-refractivity contribution in [3.8, 4) is 0 Å². The summed E-state index contributed by atoms with van der Waals surface area (Å²) in [5.74, 6) is -0.628. The maximum atomic E-state index is 11.7. The monoisotopic (exact) mass is 237 g/mol. The molecular formula is C10H15N5O2. The van der Waals surface area contributed by atoms with Crippen molar-refractivity contribution in [2.45, 2.75) is 32.0 Å². The number of imide groups is 1. The lowest BCUT2D eigenvalue weighted by Gasteiger charge is -2.31. The van der Waals surface area contributed by atoms with Gasteiger partial charge in [-0.1, -0.05) is 0 Å². The number of nitrogens with one attached hydrogen (secondary N) is 1. The lowest BCUT2D eigenvalue weighted by molar-refractivity contribution is -0.154. The Hall–Kier alpha value is -1.73. The van der Waals surface area contributed by atoms with Gasteiger partial charge in [-0.2, -0.15) is 0 Å². The highest BCUT2D eigenvalue weighted by Crippen LogP contribution is 2.12. The van der Waals surface area contributed by atoms with Crippen LogP contribution in [0.3, 0.4) is 0 Å². The number of piperidine rings is 1. The van der Waals surface area contributed by atoms with Crippen molar-refractivity contribution in [3.63, 3.8) is 0 Å². The molecule has 0 spiro atoms. The Labute approximate surface area is 98.6 Å². The van der Waals surface area contributed by atoms with Gasteiger partial charge in [0.25, 0.3) is 5.91 Å². The quantitative estimate of drug-likeness (QED) is 0.683. The molecule has 92 valence electrons. The summed E-state index contributed by atoms with van der Waals surface area (Å²) in [5, 5.41) is 1.01. The molecule has 7 heteroatoms. The summed E-state index contributed by atoms with van der Waals surface area (Å²) in [5.41, 5.74) is 8.45. The lowest BCUT2D eigenvalue weighted by atomic mass is 10.1. The van der Waals surface area contributed by atoms with E-state index in [1.54, 1.807) is 23.3 Å². The van der Waals surface area contributed by atoms with Crippen molar-refractivity contribution in [2.75, 3.05) is 0 Å². The molecule has 1 aliphatic rings. The Morgan fingerprint density at radius 2 is 2.35 bits per heavy atom. The van der Waals surface area contributed by atoms with Crippen molar-refractivity contribution in [1.29, 1.82) is 0 Å². The number of imidazole rings is 1. The molecule has 17 heavy (non-hydrogen) atoms. The van der Waals surface area contributed by atoms with Crippen LogP contribution in [0.15, 0.2) is 18.7 Å². The zero-order valence-electron chi connectivity index (χ0n) is 9.54. The zero-order chi connectivity index (χ0) is 12.4. The minimum atomic E-state index is -0.602. The molecule has 2 atom stereocenters. The van der Waals surface area contributed by atoms with E-state index >= 15 is 0 Å². The number of nitrogens with zero attached hydrogens (tertiary/aromatic N) is 3. The van der Waals surface area contributed by atoms with Gasteiger partial charge in [0.15, 0.2) is 0 Å². The van der Waals surface area contributed by atoms with E-state index in [1.807, 2.05) is 6.92 Å². The van der Waals surface area contributed by atoms with Crippen molar-refractivity contribution in [2.24, 2.45) is 5.73 Å². The third-order valence-electron chi connectivity index (χ3n) is 2.74. The first kappa shape index (κ1) is 11.7. The molecule has 2 heterocycles.